The monoisotopic (exact) mass is 421 g/mol. The summed E-state index contributed by atoms with van der Waals surface area (Å²) in [5.41, 5.74) is 0.615. The minimum Gasteiger partial charge on any atom is -0.484 e. The SMILES string of the molecule is CCNC(=NCc1ccccc1OCC(F)(F)F)N1CCN(c2ccccn2)CC1. The maximum Gasteiger partial charge on any atom is 0.422 e. The molecule has 1 N–H and O–H groups in total. The molecule has 1 aromatic carbocycles. The van der Waals surface area contributed by atoms with E-state index < -0.39 is 12.8 Å². The third-order valence-electron chi connectivity index (χ3n) is 4.65. The Kier molecular flexibility index (Phi) is 7.37. The van der Waals surface area contributed by atoms with Gasteiger partial charge in [0.2, 0.25) is 0 Å². The highest BCUT2D eigenvalue weighted by Crippen LogP contribution is 2.23. The number of piperazine rings is 1. The van der Waals surface area contributed by atoms with E-state index in [0.29, 0.717) is 12.1 Å². The first kappa shape index (κ1) is 21.7. The van der Waals surface area contributed by atoms with Crippen LogP contribution in [0.2, 0.25) is 0 Å². The number of nitrogens with one attached hydrogen (secondary N) is 1. The summed E-state index contributed by atoms with van der Waals surface area (Å²) in [6, 6.07) is 12.6. The highest BCUT2D eigenvalue weighted by Gasteiger charge is 2.28. The summed E-state index contributed by atoms with van der Waals surface area (Å²) in [6.45, 7) is 4.77. The van der Waals surface area contributed by atoms with E-state index in [9.17, 15) is 13.2 Å². The van der Waals surface area contributed by atoms with Crippen molar-refractivity contribution in [3.63, 3.8) is 0 Å². The van der Waals surface area contributed by atoms with Gasteiger partial charge in [0.1, 0.15) is 11.6 Å². The Bertz CT molecular complexity index is 821. The van der Waals surface area contributed by atoms with Crippen molar-refractivity contribution in [1.29, 1.82) is 0 Å². The zero-order valence-electron chi connectivity index (χ0n) is 16.9. The number of para-hydroxylation sites is 1. The van der Waals surface area contributed by atoms with Gasteiger partial charge in [-0.25, -0.2) is 9.98 Å². The summed E-state index contributed by atoms with van der Waals surface area (Å²) in [7, 11) is 0. The van der Waals surface area contributed by atoms with E-state index >= 15 is 0 Å². The van der Waals surface area contributed by atoms with Crippen molar-refractivity contribution < 1.29 is 17.9 Å². The van der Waals surface area contributed by atoms with Gasteiger partial charge in [-0.15, -0.1) is 0 Å². The number of nitrogens with zero attached hydrogens (tertiary/aromatic N) is 4. The lowest BCUT2D eigenvalue weighted by Crippen LogP contribution is -2.52. The highest BCUT2D eigenvalue weighted by molar-refractivity contribution is 5.80. The molecule has 0 aliphatic carbocycles. The molecule has 0 saturated carbocycles. The standard InChI is InChI=1S/C21H26F3N5O/c1-2-25-20(29-13-11-28(12-14-29)19-9-5-6-10-26-19)27-15-17-7-3-4-8-18(17)30-16-21(22,23)24/h3-10H,2,11-16H2,1H3,(H,25,27). The van der Waals surface area contributed by atoms with Crippen LogP contribution in [-0.2, 0) is 6.54 Å². The number of benzene rings is 1. The minimum atomic E-state index is -4.38. The molecule has 1 saturated heterocycles. The van der Waals surface area contributed by atoms with Gasteiger partial charge in [-0.05, 0) is 25.1 Å². The van der Waals surface area contributed by atoms with Crippen molar-refractivity contribution in [2.45, 2.75) is 19.6 Å². The normalized spacial score (nSPS) is 15.3. The van der Waals surface area contributed by atoms with Crippen LogP contribution in [0.1, 0.15) is 12.5 Å². The lowest BCUT2D eigenvalue weighted by molar-refractivity contribution is -0.153. The molecule has 0 radical (unpaired) electrons. The molecule has 162 valence electrons. The molecule has 0 atom stereocenters. The second-order valence-corrected chi connectivity index (χ2v) is 6.84. The van der Waals surface area contributed by atoms with Crippen molar-refractivity contribution in [2.75, 3.05) is 44.2 Å². The van der Waals surface area contributed by atoms with E-state index in [1.165, 1.54) is 6.07 Å². The van der Waals surface area contributed by atoms with Crippen molar-refractivity contribution in [3.8, 4) is 5.75 Å². The number of rotatable bonds is 6. The maximum atomic E-state index is 12.5. The molecule has 6 nitrogen and oxygen atoms in total. The fraction of sp³-hybridized carbons (Fsp3) is 0.429. The summed E-state index contributed by atoms with van der Waals surface area (Å²) in [6.07, 6.45) is -2.59. The Balaban J connectivity index is 1.64. The molecule has 0 spiro atoms. The number of aliphatic imine (C=N–C) groups is 1. The number of hydrogen-bond acceptors (Lipinski definition) is 4. The van der Waals surface area contributed by atoms with Gasteiger partial charge in [-0.2, -0.15) is 13.2 Å². The van der Waals surface area contributed by atoms with Gasteiger partial charge in [0.05, 0.1) is 6.54 Å². The van der Waals surface area contributed by atoms with Crippen LogP contribution in [0, 0.1) is 0 Å². The third kappa shape index (κ3) is 6.27. The van der Waals surface area contributed by atoms with Crippen LogP contribution in [0.15, 0.2) is 53.7 Å². The highest BCUT2D eigenvalue weighted by atomic mass is 19.4. The second kappa shape index (κ2) is 10.2. The molecule has 2 heterocycles. The smallest absolute Gasteiger partial charge is 0.422 e. The number of ether oxygens (including phenoxy) is 1. The zero-order valence-corrected chi connectivity index (χ0v) is 16.9. The Labute approximate surface area is 174 Å². The lowest BCUT2D eigenvalue weighted by atomic mass is 10.2. The first-order valence-corrected chi connectivity index (χ1v) is 9.93. The van der Waals surface area contributed by atoms with E-state index in [4.69, 9.17) is 4.74 Å². The predicted molar refractivity (Wildman–Crippen MR) is 111 cm³/mol. The fourth-order valence-electron chi connectivity index (χ4n) is 3.21. The van der Waals surface area contributed by atoms with Gasteiger partial charge >= 0.3 is 6.18 Å². The van der Waals surface area contributed by atoms with Crippen molar-refractivity contribution in [1.82, 2.24) is 15.2 Å². The van der Waals surface area contributed by atoms with Gasteiger partial charge in [-0.3, -0.25) is 0 Å². The molecule has 3 rings (SSSR count). The van der Waals surface area contributed by atoms with Crippen LogP contribution < -0.4 is 15.0 Å². The molecule has 0 unspecified atom stereocenters. The molecule has 1 aromatic heterocycles. The van der Waals surface area contributed by atoms with E-state index in [-0.39, 0.29) is 12.3 Å². The fourth-order valence-corrected chi connectivity index (χ4v) is 3.21. The maximum absolute atomic E-state index is 12.5. The first-order chi connectivity index (χ1) is 14.5. The van der Waals surface area contributed by atoms with Gasteiger partial charge in [0.25, 0.3) is 0 Å². The van der Waals surface area contributed by atoms with Gasteiger partial charge in [0, 0.05) is 44.5 Å². The number of pyridine rings is 1. The summed E-state index contributed by atoms with van der Waals surface area (Å²) in [5.74, 6) is 1.90. The first-order valence-electron chi connectivity index (χ1n) is 9.93. The Hall–Kier alpha value is -2.97. The molecule has 1 aliphatic heterocycles. The van der Waals surface area contributed by atoms with Crippen LogP contribution in [0.4, 0.5) is 19.0 Å². The molecular weight excluding hydrogens is 395 g/mol. The largest absolute Gasteiger partial charge is 0.484 e. The van der Waals surface area contributed by atoms with Crippen molar-refractivity contribution in [2.24, 2.45) is 4.99 Å². The molecule has 0 bridgehead atoms. The van der Waals surface area contributed by atoms with Gasteiger partial charge < -0.3 is 19.9 Å². The molecular formula is C21H26F3N5O. The van der Waals surface area contributed by atoms with Crippen molar-refractivity contribution in [3.05, 3.63) is 54.2 Å². The number of halogens is 3. The molecule has 30 heavy (non-hydrogen) atoms. The summed E-state index contributed by atoms with van der Waals surface area (Å²) in [4.78, 5) is 13.4. The van der Waals surface area contributed by atoms with E-state index in [0.717, 1.165) is 38.0 Å². The lowest BCUT2D eigenvalue weighted by Gasteiger charge is -2.37. The van der Waals surface area contributed by atoms with E-state index in [1.54, 1.807) is 24.4 Å². The minimum absolute atomic E-state index is 0.203. The third-order valence-corrected chi connectivity index (χ3v) is 4.65. The quantitative estimate of drug-likeness (QED) is 0.573. The van der Waals surface area contributed by atoms with E-state index in [1.807, 2.05) is 25.1 Å². The van der Waals surface area contributed by atoms with Crippen LogP contribution in [0.5, 0.6) is 5.75 Å². The number of hydrogen-bond donors (Lipinski definition) is 1. The Morgan fingerprint density at radius 2 is 1.83 bits per heavy atom. The van der Waals surface area contributed by atoms with Gasteiger partial charge in [-0.1, -0.05) is 24.3 Å². The molecule has 9 heteroatoms. The number of aromatic nitrogens is 1. The van der Waals surface area contributed by atoms with Crippen LogP contribution in [-0.4, -0.2) is 61.4 Å². The van der Waals surface area contributed by atoms with Crippen LogP contribution in [0.3, 0.4) is 0 Å². The van der Waals surface area contributed by atoms with Crippen LogP contribution in [0.25, 0.3) is 0 Å². The molecule has 0 amide bonds. The van der Waals surface area contributed by atoms with E-state index in [2.05, 4.69) is 25.1 Å². The molecule has 1 aliphatic rings. The Morgan fingerprint density at radius 3 is 2.50 bits per heavy atom. The van der Waals surface area contributed by atoms with Gasteiger partial charge in [0.15, 0.2) is 12.6 Å². The number of guanidine groups is 1. The molecule has 2 aromatic rings. The summed E-state index contributed by atoms with van der Waals surface area (Å²) < 4.78 is 42.5. The molecule has 1 fully saturated rings. The topological polar surface area (TPSA) is 53.0 Å². The number of alkyl halides is 3. The number of anilines is 1. The summed E-state index contributed by atoms with van der Waals surface area (Å²) in [5, 5.41) is 3.27. The Morgan fingerprint density at radius 1 is 1.10 bits per heavy atom. The van der Waals surface area contributed by atoms with Crippen molar-refractivity contribution >= 4 is 11.8 Å². The average molecular weight is 421 g/mol. The van der Waals surface area contributed by atoms with Crippen LogP contribution >= 0.6 is 0 Å². The predicted octanol–water partition coefficient (Wildman–Crippen LogP) is 3.31. The summed E-state index contributed by atoms with van der Waals surface area (Å²) >= 11 is 0. The zero-order chi connectivity index (χ0) is 21.4. The second-order valence-electron chi connectivity index (χ2n) is 6.84. The average Bonchev–Trinajstić information content (AvgIpc) is 2.76.